The number of nitrogens with zero attached hydrogens (tertiary/aromatic N) is 1. The number of benzene rings is 2. The highest BCUT2D eigenvalue weighted by atomic mass is 16.5. The fourth-order valence-electron chi connectivity index (χ4n) is 3.63. The highest BCUT2D eigenvalue weighted by Gasteiger charge is 2.24. The van der Waals surface area contributed by atoms with Crippen molar-refractivity contribution < 1.29 is 19.1 Å². The number of piperidine rings is 1. The van der Waals surface area contributed by atoms with E-state index in [2.05, 4.69) is 10.6 Å². The smallest absolute Gasteiger partial charge is 0.338 e. The normalized spacial score (nSPS) is 15.9. The monoisotopic (exact) mass is 409 g/mol. The molecule has 0 spiro atoms. The number of urea groups is 1. The van der Waals surface area contributed by atoms with E-state index < -0.39 is 0 Å². The Hall–Kier alpha value is -3.35. The van der Waals surface area contributed by atoms with E-state index in [1.807, 2.05) is 23.1 Å². The van der Waals surface area contributed by atoms with Crippen molar-refractivity contribution in [2.75, 3.05) is 32.1 Å². The Labute approximate surface area is 176 Å². The molecule has 0 saturated carbocycles. The van der Waals surface area contributed by atoms with E-state index in [-0.39, 0.29) is 23.8 Å². The van der Waals surface area contributed by atoms with Gasteiger partial charge in [-0.2, -0.15) is 0 Å². The lowest BCUT2D eigenvalue weighted by atomic mass is 9.89. The quantitative estimate of drug-likeness (QED) is 0.738. The molecule has 1 heterocycles. The van der Waals surface area contributed by atoms with Crippen molar-refractivity contribution in [3.05, 3.63) is 65.2 Å². The lowest BCUT2D eigenvalue weighted by Gasteiger charge is -2.32. The number of amides is 3. The van der Waals surface area contributed by atoms with E-state index >= 15 is 0 Å². The van der Waals surface area contributed by atoms with Gasteiger partial charge in [0.2, 0.25) is 0 Å². The third-order valence-electron chi connectivity index (χ3n) is 5.20. The van der Waals surface area contributed by atoms with Gasteiger partial charge in [0.1, 0.15) is 0 Å². The van der Waals surface area contributed by atoms with Crippen LogP contribution in [0, 0.1) is 0 Å². The molecule has 158 valence electrons. The van der Waals surface area contributed by atoms with Crippen molar-refractivity contribution in [1.29, 1.82) is 0 Å². The molecule has 1 aliphatic rings. The van der Waals surface area contributed by atoms with Gasteiger partial charge in [0.05, 0.1) is 12.2 Å². The summed E-state index contributed by atoms with van der Waals surface area (Å²) in [6, 6.07) is 14.1. The summed E-state index contributed by atoms with van der Waals surface area (Å²) in [5.41, 5.74) is 2.64. The summed E-state index contributed by atoms with van der Waals surface area (Å²) in [4.78, 5) is 38.2. The maximum atomic E-state index is 12.7. The van der Waals surface area contributed by atoms with E-state index in [0.29, 0.717) is 30.0 Å². The Morgan fingerprint density at radius 3 is 2.57 bits per heavy atom. The molecular formula is C23H27N3O4. The number of nitrogens with one attached hydrogen (secondary N) is 2. The number of rotatable bonds is 5. The van der Waals surface area contributed by atoms with Crippen molar-refractivity contribution in [3.63, 3.8) is 0 Å². The Morgan fingerprint density at radius 2 is 1.87 bits per heavy atom. The molecule has 3 rings (SSSR count). The van der Waals surface area contributed by atoms with Gasteiger partial charge in [0.25, 0.3) is 5.91 Å². The molecule has 1 atom stereocenters. The van der Waals surface area contributed by atoms with Gasteiger partial charge in [-0.15, -0.1) is 0 Å². The molecule has 0 aromatic heterocycles. The predicted octanol–water partition coefficient (Wildman–Crippen LogP) is 3.63. The zero-order valence-electron chi connectivity index (χ0n) is 17.3. The Balaban J connectivity index is 1.67. The van der Waals surface area contributed by atoms with Gasteiger partial charge >= 0.3 is 12.0 Å². The van der Waals surface area contributed by atoms with Crippen LogP contribution < -0.4 is 10.6 Å². The van der Waals surface area contributed by atoms with Gasteiger partial charge < -0.3 is 20.3 Å². The molecule has 0 aliphatic carbocycles. The summed E-state index contributed by atoms with van der Waals surface area (Å²) in [6.07, 6.45) is 1.91. The molecule has 0 radical (unpaired) electrons. The molecule has 0 bridgehead atoms. The molecule has 2 N–H and O–H groups in total. The molecule has 1 saturated heterocycles. The van der Waals surface area contributed by atoms with Gasteiger partial charge in [-0.25, -0.2) is 9.59 Å². The zero-order chi connectivity index (χ0) is 21.5. The number of esters is 1. The molecule has 7 heteroatoms. The molecule has 1 aliphatic heterocycles. The minimum Gasteiger partial charge on any atom is -0.462 e. The summed E-state index contributed by atoms with van der Waals surface area (Å²) in [5.74, 6) is -0.409. The van der Waals surface area contributed by atoms with Crippen molar-refractivity contribution in [1.82, 2.24) is 10.2 Å². The molecule has 2 aromatic rings. The van der Waals surface area contributed by atoms with Crippen LogP contribution in [0.2, 0.25) is 0 Å². The number of hydrogen-bond donors (Lipinski definition) is 2. The standard InChI is InChI=1S/C23H27N3O4/c1-3-30-22(28)16-9-11-20(12-10-16)25-21(27)18-7-4-6-17(14-18)19-8-5-13-26(15-19)23(29)24-2/h4,6-7,9-12,14,19H,3,5,8,13,15H2,1-2H3,(H,24,29)(H,25,27)/t19-/m0/s1. The van der Waals surface area contributed by atoms with Crippen LogP contribution in [0.4, 0.5) is 10.5 Å². The molecular weight excluding hydrogens is 382 g/mol. The Bertz CT molecular complexity index is 911. The first kappa shape index (κ1) is 21.4. The van der Waals surface area contributed by atoms with Gasteiger partial charge in [0.15, 0.2) is 0 Å². The first-order valence-corrected chi connectivity index (χ1v) is 10.2. The van der Waals surface area contributed by atoms with E-state index in [1.165, 1.54) is 0 Å². The van der Waals surface area contributed by atoms with Gasteiger partial charge in [0, 0.05) is 37.3 Å². The highest BCUT2D eigenvalue weighted by molar-refractivity contribution is 6.04. The number of ether oxygens (including phenoxy) is 1. The van der Waals surface area contributed by atoms with E-state index in [4.69, 9.17) is 4.74 Å². The van der Waals surface area contributed by atoms with Crippen LogP contribution in [0.3, 0.4) is 0 Å². The van der Waals surface area contributed by atoms with Crippen LogP contribution in [0.25, 0.3) is 0 Å². The number of anilines is 1. The average molecular weight is 409 g/mol. The third kappa shape index (κ3) is 5.17. The van der Waals surface area contributed by atoms with E-state index in [9.17, 15) is 14.4 Å². The molecule has 7 nitrogen and oxygen atoms in total. The topological polar surface area (TPSA) is 87.7 Å². The molecule has 30 heavy (non-hydrogen) atoms. The number of likely N-dealkylation sites (tertiary alicyclic amines) is 1. The van der Waals surface area contributed by atoms with E-state index in [0.717, 1.165) is 24.9 Å². The minimum atomic E-state index is -0.388. The first-order chi connectivity index (χ1) is 14.5. The van der Waals surface area contributed by atoms with Crippen molar-refractivity contribution >= 4 is 23.6 Å². The fourth-order valence-corrected chi connectivity index (χ4v) is 3.63. The van der Waals surface area contributed by atoms with Crippen LogP contribution in [-0.4, -0.2) is 49.6 Å². The zero-order valence-corrected chi connectivity index (χ0v) is 17.3. The average Bonchev–Trinajstić information content (AvgIpc) is 2.79. The number of carbonyl (C=O) groups excluding carboxylic acids is 3. The third-order valence-corrected chi connectivity index (χ3v) is 5.20. The van der Waals surface area contributed by atoms with Crippen molar-refractivity contribution in [2.45, 2.75) is 25.7 Å². The summed E-state index contributed by atoms with van der Waals surface area (Å²) < 4.78 is 4.96. The summed E-state index contributed by atoms with van der Waals surface area (Å²) in [5, 5.41) is 5.53. The minimum absolute atomic E-state index is 0.0696. The van der Waals surface area contributed by atoms with Crippen LogP contribution in [0.15, 0.2) is 48.5 Å². The Morgan fingerprint density at radius 1 is 1.10 bits per heavy atom. The van der Waals surface area contributed by atoms with Crippen molar-refractivity contribution in [2.24, 2.45) is 0 Å². The maximum absolute atomic E-state index is 12.7. The fraction of sp³-hybridized carbons (Fsp3) is 0.348. The number of carbonyl (C=O) groups is 3. The first-order valence-electron chi connectivity index (χ1n) is 10.2. The van der Waals surface area contributed by atoms with Crippen LogP contribution in [-0.2, 0) is 4.74 Å². The number of hydrogen-bond acceptors (Lipinski definition) is 4. The lowest BCUT2D eigenvalue weighted by Crippen LogP contribution is -2.43. The summed E-state index contributed by atoms with van der Waals surface area (Å²) in [7, 11) is 1.64. The molecule has 2 aromatic carbocycles. The molecule has 3 amide bonds. The predicted molar refractivity (Wildman–Crippen MR) is 115 cm³/mol. The largest absolute Gasteiger partial charge is 0.462 e. The second-order valence-corrected chi connectivity index (χ2v) is 7.22. The second-order valence-electron chi connectivity index (χ2n) is 7.22. The SMILES string of the molecule is CCOC(=O)c1ccc(NC(=O)c2cccc([C@H]3CCCN(C(=O)NC)C3)c2)cc1. The summed E-state index contributed by atoms with van der Waals surface area (Å²) >= 11 is 0. The van der Waals surface area contributed by atoms with Crippen LogP contribution in [0.1, 0.15) is 52.0 Å². The molecule has 0 unspecified atom stereocenters. The lowest BCUT2D eigenvalue weighted by molar-refractivity contribution is 0.0526. The maximum Gasteiger partial charge on any atom is 0.338 e. The van der Waals surface area contributed by atoms with E-state index in [1.54, 1.807) is 44.3 Å². The van der Waals surface area contributed by atoms with Crippen LogP contribution in [0.5, 0.6) is 0 Å². The van der Waals surface area contributed by atoms with Gasteiger partial charge in [-0.05, 0) is 61.7 Å². The van der Waals surface area contributed by atoms with Gasteiger partial charge in [-0.1, -0.05) is 12.1 Å². The molecule has 1 fully saturated rings. The van der Waals surface area contributed by atoms with Crippen LogP contribution >= 0.6 is 0 Å². The Kier molecular flexibility index (Phi) is 7.06. The highest BCUT2D eigenvalue weighted by Crippen LogP contribution is 2.27. The van der Waals surface area contributed by atoms with Crippen molar-refractivity contribution in [3.8, 4) is 0 Å². The summed E-state index contributed by atoms with van der Waals surface area (Å²) in [6.45, 7) is 3.46. The van der Waals surface area contributed by atoms with Gasteiger partial charge in [-0.3, -0.25) is 4.79 Å². The second kappa shape index (κ2) is 9.91.